The van der Waals surface area contributed by atoms with Gasteiger partial charge in [0.1, 0.15) is 5.75 Å². The lowest BCUT2D eigenvalue weighted by Crippen LogP contribution is -1.95. The summed E-state index contributed by atoms with van der Waals surface area (Å²) in [5, 5.41) is 0. The molecule has 0 radical (unpaired) electrons. The number of benzene rings is 2. The van der Waals surface area contributed by atoms with Crippen LogP contribution in [0.15, 0.2) is 34.8 Å². The Bertz CT molecular complexity index is 570. The molecule has 94 valence electrons. The molecule has 0 heterocycles. The third-order valence-electron chi connectivity index (χ3n) is 2.92. The van der Waals surface area contributed by atoms with Crippen LogP contribution in [0.1, 0.15) is 16.7 Å². The van der Waals surface area contributed by atoms with Crippen molar-refractivity contribution in [2.75, 3.05) is 5.73 Å². The van der Waals surface area contributed by atoms with Crippen molar-refractivity contribution in [2.45, 2.75) is 20.8 Å². The monoisotopic (exact) mass is 305 g/mol. The number of nitrogens with two attached hydrogens (primary N) is 1. The van der Waals surface area contributed by atoms with E-state index in [9.17, 15) is 0 Å². The maximum atomic E-state index is 6.00. The minimum atomic E-state index is 0.690. The van der Waals surface area contributed by atoms with Crippen LogP contribution in [0.4, 0.5) is 5.69 Å². The lowest BCUT2D eigenvalue weighted by molar-refractivity contribution is 0.484. The first-order chi connectivity index (χ1) is 8.49. The number of rotatable bonds is 2. The van der Waals surface area contributed by atoms with Crippen LogP contribution in [0.2, 0.25) is 0 Å². The normalized spacial score (nSPS) is 10.4. The molecule has 0 aliphatic rings. The second-order valence-electron chi connectivity index (χ2n) is 4.46. The number of nitrogen functional groups attached to an aromatic ring is 1. The van der Waals surface area contributed by atoms with Crippen LogP contribution in [0.25, 0.3) is 0 Å². The quantitative estimate of drug-likeness (QED) is 0.813. The third-order valence-corrected chi connectivity index (χ3v) is 4.17. The standard InChI is InChI=1S/C15H16BrNO/c1-9-5-4-6-13(15(9)17)18-12-7-10(2)14(16)11(3)8-12/h4-8H,17H2,1-3H3. The molecule has 2 aromatic carbocycles. The van der Waals surface area contributed by atoms with E-state index in [4.69, 9.17) is 10.5 Å². The Kier molecular flexibility index (Phi) is 3.62. The van der Waals surface area contributed by atoms with Crippen molar-refractivity contribution in [3.63, 3.8) is 0 Å². The first-order valence-electron chi connectivity index (χ1n) is 5.78. The van der Waals surface area contributed by atoms with Gasteiger partial charge < -0.3 is 10.5 Å². The molecule has 0 unspecified atom stereocenters. The summed E-state index contributed by atoms with van der Waals surface area (Å²) in [6.07, 6.45) is 0. The van der Waals surface area contributed by atoms with Crippen molar-refractivity contribution in [1.82, 2.24) is 0 Å². The van der Waals surface area contributed by atoms with Gasteiger partial charge in [-0.05, 0) is 55.7 Å². The highest BCUT2D eigenvalue weighted by molar-refractivity contribution is 9.10. The molecule has 2 rings (SSSR count). The molecule has 0 aliphatic carbocycles. The molecular weight excluding hydrogens is 290 g/mol. The fourth-order valence-corrected chi connectivity index (χ4v) is 2.06. The molecule has 2 nitrogen and oxygen atoms in total. The van der Waals surface area contributed by atoms with Gasteiger partial charge in [0.2, 0.25) is 0 Å². The van der Waals surface area contributed by atoms with Crippen LogP contribution >= 0.6 is 15.9 Å². The number of halogens is 1. The highest BCUT2D eigenvalue weighted by Gasteiger charge is 2.07. The molecule has 0 saturated heterocycles. The Morgan fingerprint density at radius 2 is 1.61 bits per heavy atom. The zero-order valence-electron chi connectivity index (χ0n) is 10.8. The first kappa shape index (κ1) is 13.0. The van der Waals surface area contributed by atoms with Crippen LogP contribution in [-0.4, -0.2) is 0 Å². The minimum Gasteiger partial charge on any atom is -0.455 e. The van der Waals surface area contributed by atoms with Gasteiger partial charge in [-0.25, -0.2) is 0 Å². The first-order valence-corrected chi connectivity index (χ1v) is 6.58. The van der Waals surface area contributed by atoms with Gasteiger partial charge in [0.05, 0.1) is 5.69 Å². The SMILES string of the molecule is Cc1cccc(Oc2cc(C)c(Br)c(C)c2)c1N. The molecule has 0 aromatic heterocycles. The zero-order chi connectivity index (χ0) is 13.3. The fourth-order valence-electron chi connectivity index (χ4n) is 1.83. The Balaban J connectivity index is 2.37. The molecule has 0 spiro atoms. The molecule has 2 aromatic rings. The molecule has 0 amide bonds. The van der Waals surface area contributed by atoms with Crippen LogP contribution in [0.5, 0.6) is 11.5 Å². The summed E-state index contributed by atoms with van der Waals surface area (Å²) < 4.78 is 6.98. The van der Waals surface area contributed by atoms with Crippen molar-refractivity contribution in [2.24, 2.45) is 0 Å². The summed E-state index contributed by atoms with van der Waals surface area (Å²) in [6.45, 7) is 6.06. The largest absolute Gasteiger partial charge is 0.455 e. The van der Waals surface area contributed by atoms with Crippen LogP contribution < -0.4 is 10.5 Å². The predicted molar refractivity (Wildman–Crippen MR) is 79.3 cm³/mol. The second-order valence-corrected chi connectivity index (χ2v) is 5.25. The molecule has 18 heavy (non-hydrogen) atoms. The summed E-state index contributed by atoms with van der Waals surface area (Å²) in [4.78, 5) is 0. The van der Waals surface area contributed by atoms with Gasteiger partial charge in [-0.1, -0.05) is 28.1 Å². The molecule has 0 saturated carbocycles. The average Bonchev–Trinajstić information content (AvgIpc) is 2.32. The lowest BCUT2D eigenvalue weighted by atomic mass is 10.1. The lowest BCUT2D eigenvalue weighted by Gasteiger charge is -2.12. The van der Waals surface area contributed by atoms with E-state index in [0.717, 1.165) is 26.9 Å². The van der Waals surface area contributed by atoms with E-state index in [-0.39, 0.29) is 0 Å². The van der Waals surface area contributed by atoms with E-state index >= 15 is 0 Å². The maximum absolute atomic E-state index is 6.00. The van der Waals surface area contributed by atoms with Crippen molar-refractivity contribution in [3.8, 4) is 11.5 Å². The Morgan fingerprint density at radius 3 is 2.22 bits per heavy atom. The number of hydrogen-bond acceptors (Lipinski definition) is 2. The topological polar surface area (TPSA) is 35.2 Å². The fraction of sp³-hybridized carbons (Fsp3) is 0.200. The third kappa shape index (κ3) is 2.51. The van der Waals surface area contributed by atoms with E-state index in [2.05, 4.69) is 15.9 Å². The van der Waals surface area contributed by atoms with E-state index in [1.165, 1.54) is 0 Å². The summed E-state index contributed by atoms with van der Waals surface area (Å²) in [5.41, 5.74) is 10.0. The van der Waals surface area contributed by atoms with E-state index < -0.39 is 0 Å². The number of para-hydroxylation sites is 1. The van der Waals surface area contributed by atoms with Crippen LogP contribution in [0, 0.1) is 20.8 Å². The Labute approximate surface area is 116 Å². The van der Waals surface area contributed by atoms with Gasteiger partial charge in [-0.2, -0.15) is 0 Å². The molecule has 0 atom stereocenters. The maximum Gasteiger partial charge on any atom is 0.150 e. The van der Waals surface area contributed by atoms with Crippen LogP contribution in [-0.2, 0) is 0 Å². The van der Waals surface area contributed by atoms with Crippen molar-refractivity contribution in [3.05, 3.63) is 51.5 Å². The number of aryl methyl sites for hydroxylation is 3. The number of ether oxygens (including phenoxy) is 1. The molecule has 0 aliphatic heterocycles. The number of hydrogen-bond donors (Lipinski definition) is 1. The Hall–Kier alpha value is -1.48. The minimum absolute atomic E-state index is 0.690. The van der Waals surface area contributed by atoms with E-state index in [0.29, 0.717) is 11.4 Å². The highest BCUT2D eigenvalue weighted by Crippen LogP contribution is 2.32. The molecule has 2 N–H and O–H groups in total. The van der Waals surface area contributed by atoms with E-state index in [1.807, 2.05) is 51.1 Å². The van der Waals surface area contributed by atoms with Gasteiger partial charge in [-0.3, -0.25) is 0 Å². The molecule has 0 fully saturated rings. The summed E-state index contributed by atoms with van der Waals surface area (Å²) >= 11 is 3.54. The van der Waals surface area contributed by atoms with Gasteiger partial charge >= 0.3 is 0 Å². The molecule has 0 bridgehead atoms. The zero-order valence-corrected chi connectivity index (χ0v) is 12.3. The summed E-state index contributed by atoms with van der Waals surface area (Å²) in [7, 11) is 0. The summed E-state index contributed by atoms with van der Waals surface area (Å²) in [5.74, 6) is 1.52. The van der Waals surface area contributed by atoms with Crippen molar-refractivity contribution in [1.29, 1.82) is 0 Å². The van der Waals surface area contributed by atoms with E-state index in [1.54, 1.807) is 0 Å². The van der Waals surface area contributed by atoms with Crippen molar-refractivity contribution < 1.29 is 4.74 Å². The van der Waals surface area contributed by atoms with Gasteiger partial charge in [0.25, 0.3) is 0 Å². The van der Waals surface area contributed by atoms with Crippen molar-refractivity contribution >= 4 is 21.6 Å². The smallest absolute Gasteiger partial charge is 0.150 e. The van der Waals surface area contributed by atoms with Gasteiger partial charge in [0, 0.05) is 4.47 Å². The summed E-state index contributed by atoms with van der Waals surface area (Å²) in [6, 6.07) is 9.80. The second kappa shape index (κ2) is 5.02. The van der Waals surface area contributed by atoms with Crippen LogP contribution in [0.3, 0.4) is 0 Å². The number of anilines is 1. The average molecular weight is 306 g/mol. The molecule has 3 heteroatoms. The Morgan fingerprint density at radius 1 is 1.00 bits per heavy atom. The van der Waals surface area contributed by atoms with Gasteiger partial charge in [-0.15, -0.1) is 0 Å². The predicted octanol–water partition coefficient (Wildman–Crippen LogP) is 4.75. The highest BCUT2D eigenvalue weighted by atomic mass is 79.9. The molecular formula is C15H16BrNO. The van der Waals surface area contributed by atoms with Gasteiger partial charge in [0.15, 0.2) is 5.75 Å².